The van der Waals surface area contributed by atoms with Crippen molar-refractivity contribution < 1.29 is 18.2 Å². The van der Waals surface area contributed by atoms with Gasteiger partial charge in [0, 0.05) is 22.6 Å². The fourth-order valence-corrected chi connectivity index (χ4v) is 4.54. The van der Waals surface area contributed by atoms with Crippen molar-refractivity contribution in [2.24, 2.45) is 0 Å². The lowest BCUT2D eigenvalue weighted by molar-refractivity contribution is 0.0951. The van der Waals surface area contributed by atoms with Gasteiger partial charge in [-0.3, -0.25) is 9.00 Å². The van der Waals surface area contributed by atoms with Gasteiger partial charge in [0.1, 0.15) is 11.5 Å². The minimum absolute atomic E-state index is 0.174. The van der Waals surface area contributed by atoms with Crippen LogP contribution in [-0.4, -0.2) is 22.2 Å². The fourth-order valence-electron chi connectivity index (χ4n) is 3.41. The summed E-state index contributed by atoms with van der Waals surface area (Å²) in [6.07, 6.45) is 0. The molecule has 174 valence electrons. The first-order chi connectivity index (χ1) is 16.4. The number of aromatic nitrogens is 1. The van der Waals surface area contributed by atoms with Gasteiger partial charge in [0.15, 0.2) is 0 Å². The summed E-state index contributed by atoms with van der Waals surface area (Å²) in [7, 11) is 0.402. The van der Waals surface area contributed by atoms with Gasteiger partial charge in [-0.15, -0.1) is 0 Å². The molecule has 0 aliphatic heterocycles. The number of carbonyl (C=O) groups excluding carboxylic acids is 1. The highest BCUT2D eigenvalue weighted by atomic mass is 32.2. The normalized spacial score (nSPS) is 11.7. The van der Waals surface area contributed by atoms with Crippen molar-refractivity contribution in [1.29, 1.82) is 0 Å². The molecule has 1 atom stereocenters. The van der Waals surface area contributed by atoms with Gasteiger partial charge in [-0.25, -0.2) is 4.98 Å². The van der Waals surface area contributed by atoms with Gasteiger partial charge in [0.2, 0.25) is 5.89 Å². The molecule has 0 saturated heterocycles. The largest absolute Gasteiger partial charge is 0.497 e. The first-order valence-corrected chi connectivity index (χ1v) is 12.2. The molecule has 4 aromatic rings. The van der Waals surface area contributed by atoms with Gasteiger partial charge in [0.05, 0.1) is 29.4 Å². The molecule has 0 radical (unpaired) electrons. The van der Waals surface area contributed by atoms with Crippen LogP contribution in [0.25, 0.3) is 11.5 Å². The molecule has 0 aliphatic rings. The fraction of sp³-hybridized carbons (Fsp3) is 0.185. The number of ether oxygens (including phenoxy) is 1. The molecule has 0 aliphatic carbocycles. The molecule has 1 N–H and O–H groups in total. The first-order valence-electron chi connectivity index (χ1n) is 10.9. The zero-order valence-electron chi connectivity index (χ0n) is 19.3. The number of hydrogen-bond donors (Lipinski definition) is 1. The number of amides is 1. The van der Waals surface area contributed by atoms with E-state index in [-0.39, 0.29) is 11.7 Å². The van der Waals surface area contributed by atoms with Crippen LogP contribution in [0.15, 0.2) is 82.1 Å². The highest BCUT2D eigenvalue weighted by molar-refractivity contribution is 7.84. The van der Waals surface area contributed by atoms with Gasteiger partial charge >= 0.3 is 0 Å². The number of carbonyl (C=O) groups is 1. The van der Waals surface area contributed by atoms with E-state index >= 15 is 0 Å². The van der Waals surface area contributed by atoms with Gasteiger partial charge in [0.25, 0.3) is 5.91 Å². The minimum Gasteiger partial charge on any atom is -0.497 e. The van der Waals surface area contributed by atoms with E-state index in [0.29, 0.717) is 29.5 Å². The third-order valence-electron chi connectivity index (χ3n) is 5.43. The predicted octanol–water partition coefficient (Wildman–Crippen LogP) is 5.20. The van der Waals surface area contributed by atoms with E-state index in [1.54, 1.807) is 31.4 Å². The highest BCUT2D eigenvalue weighted by Gasteiger charge is 2.16. The van der Waals surface area contributed by atoms with E-state index in [0.717, 1.165) is 27.3 Å². The SMILES string of the molecule is COc1cccc(CNC(=O)c2ccc(-c3nc(CS(=O)c4ccc(C)cc4)c(C)o3)cc2)c1. The summed E-state index contributed by atoms with van der Waals surface area (Å²) in [5.74, 6) is 1.93. The standard InChI is InChI=1S/C27H26N2O4S/c1-18-7-13-24(14-8-18)34(31)17-25-19(2)33-27(29-25)22-11-9-21(10-12-22)26(30)28-16-20-5-4-6-23(15-20)32-3/h4-15H,16-17H2,1-3H3,(H,28,30). The van der Waals surface area contributed by atoms with E-state index in [2.05, 4.69) is 10.3 Å². The molecule has 3 aromatic carbocycles. The molecular weight excluding hydrogens is 448 g/mol. The number of methoxy groups -OCH3 is 1. The van der Waals surface area contributed by atoms with Gasteiger partial charge in [-0.05, 0) is 67.9 Å². The zero-order chi connectivity index (χ0) is 24.1. The van der Waals surface area contributed by atoms with Crippen LogP contribution in [0.2, 0.25) is 0 Å². The van der Waals surface area contributed by atoms with Crippen LogP contribution in [0.5, 0.6) is 5.75 Å². The second-order valence-electron chi connectivity index (χ2n) is 7.94. The number of hydrogen-bond acceptors (Lipinski definition) is 5. The number of nitrogens with one attached hydrogen (secondary N) is 1. The van der Waals surface area contributed by atoms with Crippen molar-refractivity contribution in [2.75, 3.05) is 7.11 Å². The molecule has 7 heteroatoms. The molecule has 0 spiro atoms. The van der Waals surface area contributed by atoms with Crippen LogP contribution in [0.4, 0.5) is 0 Å². The maximum absolute atomic E-state index is 12.7. The maximum Gasteiger partial charge on any atom is 0.251 e. The van der Waals surface area contributed by atoms with Crippen molar-refractivity contribution in [1.82, 2.24) is 10.3 Å². The maximum atomic E-state index is 12.7. The zero-order valence-corrected chi connectivity index (χ0v) is 20.1. The highest BCUT2D eigenvalue weighted by Crippen LogP contribution is 2.24. The molecule has 34 heavy (non-hydrogen) atoms. The van der Waals surface area contributed by atoms with Gasteiger partial charge < -0.3 is 14.5 Å². The molecule has 0 fully saturated rings. The van der Waals surface area contributed by atoms with Crippen LogP contribution < -0.4 is 10.1 Å². The van der Waals surface area contributed by atoms with Crippen molar-refractivity contribution >= 4 is 16.7 Å². The summed E-state index contributed by atoms with van der Waals surface area (Å²) in [4.78, 5) is 17.9. The lowest BCUT2D eigenvalue weighted by atomic mass is 10.1. The number of benzene rings is 3. The Balaban J connectivity index is 1.40. The predicted molar refractivity (Wildman–Crippen MR) is 132 cm³/mol. The smallest absolute Gasteiger partial charge is 0.251 e. The Kier molecular flexibility index (Phi) is 7.23. The van der Waals surface area contributed by atoms with Crippen LogP contribution in [0.1, 0.15) is 32.9 Å². The van der Waals surface area contributed by atoms with Crippen molar-refractivity contribution in [3.8, 4) is 17.2 Å². The Labute approximate surface area is 201 Å². The van der Waals surface area contributed by atoms with Crippen molar-refractivity contribution in [3.05, 3.63) is 101 Å². The summed E-state index contributed by atoms with van der Waals surface area (Å²) in [6.45, 7) is 4.22. The summed E-state index contributed by atoms with van der Waals surface area (Å²) >= 11 is 0. The summed E-state index contributed by atoms with van der Waals surface area (Å²) in [6, 6.07) is 22.3. The van der Waals surface area contributed by atoms with Crippen LogP contribution in [-0.2, 0) is 23.1 Å². The molecular formula is C27H26N2O4S. The Hall–Kier alpha value is -3.71. The molecule has 0 bridgehead atoms. The van der Waals surface area contributed by atoms with Crippen LogP contribution in [0.3, 0.4) is 0 Å². The number of nitrogens with zero attached hydrogens (tertiary/aromatic N) is 1. The third kappa shape index (κ3) is 5.61. The van der Waals surface area contributed by atoms with E-state index in [4.69, 9.17) is 9.15 Å². The molecule has 1 aromatic heterocycles. The van der Waals surface area contributed by atoms with Gasteiger partial charge in [-0.2, -0.15) is 0 Å². The van der Waals surface area contributed by atoms with E-state index in [9.17, 15) is 9.00 Å². The Morgan fingerprint density at radius 1 is 1.03 bits per heavy atom. The summed E-state index contributed by atoms with van der Waals surface area (Å²) in [5.41, 5.74) is 4.03. The summed E-state index contributed by atoms with van der Waals surface area (Å²) < 4.78 is 23.8. The second kappa shape index (κ2) is 10.5. The Bertz CT molecular complexity index is 1310. The van der Waals surface area contributed by atoms with E-state index in [1.165, 1.54) is 0 Å². The van der Waals surface area contributed by atoms with Crippen LogP contribution in [0, 0.1) is 13.8 Å². The number of aryl methyl sites for hydroxylation is 2. The van der Waals surface area contributed by atoms with Gasteiger partial charge in [-0.1, -0.05) is 29.8 Å². The monoisotopic (exact) mass is 474 g/mol. The number of rotatable bonds is 8. The second-order valence-corrected chi connectivity index (χ2v) is 9.39. The summed E-state index contributed by atoms with van der Waals surface area (Å²) in [5, 5.41) is 2.91. The lowest BCUT2D eigenvalue weighted by Gasteiger charge is -2.07. The topological polar surface area (TPSA) is 81.4 Å². The van der Waals surface area contributed by atoms with Crippen LogP contribution >= 0.6 is 0 Å². The molecule has 1 heterocycles. The Morgan fingerprint density at radius 3 is 2.47 bits per heavy atom. The Morgan fingerprint density at radius 2 is 1.76 bits per heavy atom. The molecule has 6 nitrogen and oxygen atoms in total. The molecule has 0 saturated carbocycles. The minimum atomic E-state index is -1.21. The average Bonchev–Trinajstić information content (AvgIpc) is 3.23. The quantitative estimate of drug-likeness (QED) is 0.379. The van der Waals surface area contributed by atoms with Crippen molar-refractivity contribution in [2.45, 2.75) is 31.0 Å². The van der Waals surface area contributed by atoms with Crippen molar-refractivity contribution in [3.63, 3.8) is 0 Å². The number of oxazole rings is 1. The van der Waals surface area contributed by atoms with E-state index in [1.807, 2.05) is 62.4 Å². The lowest BCUT2D eigenvalue weighted by Crippen LogP contribution is -2.22. The molecule has 4 rings (SSSR count). The molecule has 1 unspecified atom stereocenters. The third-order valence-corrected chi connectivity index (χ3v) is 6.76. The molecule has 1 amide bonds. The average molecular weight is 475 g/mol. The first kappa shape index (κ1) is 23.4. The van der Waals surface area contributed by atoms with E-state index < -0.39 is 10.8 Å².